The highest BCUT2D eigenvalue weighted by Gasteiger charge is 2.29. The quantitative estimate of drug-likeness (QED) is 0.560. The minimum Gasteiger partial charge on any atom is -0.465 e. The number of fused-ring (bicyclic) bond motifs is 1. The molecule has 1 amide bonds. The molecule has 28 heavy (non-hydrogen) atoms. The lowest BCUT2D eigenvalue weighted by atomic mass is 10.0. The Morgan fingerprint density at radius 3 is 2.46 bits per heavy atom. The van der Waals surface area contributed by atoms with Gasteiger partial charge in [0.2, 0.25) is 5.91 Å². The van der Waals surface area contributed by atoms with E-state index in [2.05, 4.69) is 13.8 Å². The summed E-state index contributed by atoms with van der Waals surface area (Å²) in [5, 5.41) is 0.873. The first-order valence-corrected chi connectivity index (χ1v) is 10.0. The van der Waals surface area contributed by atoms with E-state index in [1.54, 1.807) is 30.4 Å². The smallest absolute Gasteiger partial charge is 0.337 e. The molecule has 0 bridgehead atoms. The van der Waals surface area contributed by atoms with Crippen LogP contribution in [-0.2, 0) is 16.1 Å². The van der Waals surface area contributed by atoms with Crippen molar-refractivity contribution >= 4 is 33.4 Å². The van der Waals surface area contributed by atoms with Gasteiger partial charge in [-0.3, -0.25) is 4.79 Å². The predicted molar refractivity (Wildman–Crippen MR) is 111 cm³/mol. The van der Waals surface area contributed by atoms with Crippen LogP contribution in [0.25, 0.3) is 10.2 Å². The van der Waals surface area contributed by atoms with Gasteiger partial charge in [-0.05, 0) is 29.7 Å². The van der Waals surface area contributed by atoms with Gasteiger partial charge in [-0.2, -0.15) is 0 Å². The van der Waals surface area contributed by atoms with Crippen molar-refractivity contribution in [3.8, 4) is 0 Å². The van der Waals surface area contributed by atoms with Gasteiger partial charge in [0.15, 0.2) is 0 Å². The van der Waals surface area contributed by atoms with E-state index in [4.69, 9.17) is 9.72 Å². The molecule has 0 aliphatic heterocycles. The molecule has 0 saturated heterocycles. The number of aromatic nitrogens is 1. The van der Waals surface area contributed by atoms with Crippen molar-refractivity contribution in [3.05, 3.63) is 64.7 Å². The van der Waals surface area contributed by atoms with Crippen LogP contribution in [0.15, 0.2) is 48.5 Å². The summed E-state index contributed by atoms with van der Waals surface area (Å²) in [7, 11) is 1.36. The van der Waals surface area contributed by atoms with Gasteiger partial charge in [0.25, 0.3) is 0 Å². The summed E-state index contributed by atoms with van der Waals surface area (Å²) >= 11 is 1.56. The Bertz CT molecular complexity index is 982. The molecule has 1 aromatic heterocycles. The maximum Gasteiger partial charge on any atom is 0.337 e. The topological polar surface area (TPSA) is 59.5 Å². The zero-order chi connectivity index (χ0) is 20.3. The lowest BCUT2D eigenvalue weighted by Gasteiger charge is -2.32. The minimum atomic E-state index is -0.383. The van der Waals surface area contributed by atoms with Crippen LogP contribution in [-0.4, -0.2) is 28.9 Å². The zero-order valence-corrected chi connectivity index (χ0v) is 17.3. The summed E-state index contributed by atoms with van der Waals surface area (Å²) in [5.74, 6) is -0.184. The molecule has 0 aliphatic rings. The molecular weight excluding hydrogens is 372 g/mol. The number of carbonyl (C=O) groups is 2. The summed E-state index contributed by atoms with van der Waals surface area (Å²) in [6.45, 7) is 6.32. The highest BCUT2D eigenvalue weighted by molar-refractivity contribution is 7.18. The van der Waals surface area contributed by atoms with Crippen molar-refractivity contribution in [2.75, 3.05) is 7.11 Å². The molecule has 3 aromatic rings. The molecule has 146 valence electrons. The molecule has 5 nitrogen and oxygen atoms in total. The number of benzene rings is 2. The molecule has 0 spiro atoms. The SMILES string of the molecule is COC(=O)c1ccc2sc(C(C(C)C)N(Cc3ccccc3)C(C)=O)nc2c1. The Hall–Kier alpha value is -2.73. The largest absolute Gasteiger partial charge is 0.465 e. The zero-order valence-electron chi connectivity index (χ0n) is 16.5. The second-order valence-corrected chi connectivity index (χ2v) is 8.11. The summed E-state index contributed by atoms with van der Waals surface area (Å²) < 4.78 is 5.78. The Morgan fingerprint density at radius 2 is 1.86 bits per heavy atom. The predicted octanol–water partition coefficient (Wildman–Crippen LogP) is 4.83. The maximum absolute atomic E-state index is 12.5. The molecule has 0 radical (unpaired) electrons. The van der Waals surface area contributed by atoms with Crippen LogP contribution < -0.4 is 0 Å². The van der Waals surface area contributed by atoms with Gasteiger partial charge in [0, 0.05) is 13.5 Å². The first-order chi connectivity index (χ1) is 13.4. The molecule has 1 heterocycles. The monoisotopic (exact) mass is 396 g/mol. The first-order valence-electron chi connectivity index (χ1n) is 9.20. The average molecular weight is 397 g/mol. The number of nitrogens with zero attached hydrogens (tertiary/aromatic N) is 2. The first kappa shape index (κ1) is 20.0. The molecule has 3 rings (SSSR count). The van der Waals surface area contributed by atoms with Crippen molar-refractivity contribution in [3.63, 3.8) is 0 Å². The van der Waals surface area contributed by atoms with E-state index in [9.17, 15) is 9.59 Å². The number of amides is 1. The fourth-order valence-corrected chi connectivity index (χ4v) is 4.52. The van der Waals surface area contributed by atoms with Crippen LogP contribution in [0.1, 0.15) is 47.7 Å². The van der Waals surface area contributed by atoms with Gasteiger partial charge in [-0.15, -0.1) is 11.3 Å². The number of hydrogen-bond donors (Lipinski definition) is 0. The van der Waals surface area contributed by atoms with E-state index in [1.807, 2.05) is 41.3 Å². The fourth-order valence-electron chi connectivity index (χ4n) is 3.28. The van der Waals surface area contributed by atoms with Crippen LogP contribution in [0.2, 0.25) is 0 Å². The lowest BCUT2D eigenvalue weighted by Crippen LogP contribution is -2.35. The van der Waals surface area contributed by atoms with E-state index in [-0.39, 0.29) is 23.8 Å². The standard InChI is InChI=1S/C22H24N2O3S/c1-14(2)20(24(15(3)25)13-16-8-6-5-7-9-16)21-23-18-12-17(22(26)27-4)10-11-19(18)28-21/h5-12,14,20H,13H2,1-4H3. The van der Waals surface area contributed by atoms with Crippen LogP contribution in [0.5, 0.6) is 0 Å². The third-order valence-corrected chi connectivity index (χ3v) is 5.75. The summed E-state index contributed by atoms with van der Waals surface area (Å²) in [4.78, 5) is 31.0. The maximum atomic E-state index is 12.5. The van der Waals surface area contributed by atoms with Gasteiger partial charge in [0.1, 0.15) is 5.01 Å². The number of rotatable bonds is 6. The number of esters is 1. The number of methoxy groups -OCH3 is 1. The van der Waals surface area contributed by atoms with Gasteiger partial charge in [-0.1, -0.05) is 44.2 Å². The Balaban J connectivity index is 2.00. The minimum absolute atomic E-state index is 0.0112. The lowest BCUT2D eigenvalue weighted by molar-refractivity contribution is -0.133. The third-order valence-electron chi connectivity index (χ3n) is 4.65. The molecule has 0 N–H and O–H groups in total. The van der Waals surface area contributed by atoms with Gasteiger partial charge >= 0.3 is 5.97 Å². The van der Waals surface area contributed by atoms with Gasteiger partial charge < -0.3 is 9.64 Å². The van der Waals surface area contributed by atoms with Crippen LogP contribution in [0.4, 0.5) is 0 Å². The van der Waals surface area contributed by atoms with E-state index >= 15 is 0 Å². The second-order valence-electron chi connectivity index (χ2n) is 7.05. The molecule has 2 aromatic carbocycles. The van der Waals surface area contributed by atoms with Crippen LogP contribution >= 0.6 is 11.3 Å². The molecule has 0 aliphatic carbocycles. The van der Waals surface area contributed by atoms with Crippen molar-refractivity contribution in [1.82, 2.24) is 9.88 Å². The number of thiazole rings is 1. The number of hydrogen-bond acceptors (Lipinski definition) is 5. The molecular formula is C22H24N2O3S. The second kappa shape index (κ2) is 8.52. The van der Waals surface area contributed by atoms with Crippen LogP contribution in [0, 0.1) is 5.92 Å². The summed E-state index contributed by atoms with van der Waals surface area (Å²) in [6.07, 6.45) is 0. The van der Waals surface area contributed by atoms with Crippen LogP contribution in [0.3, 0.4) is 0 Å². The van der Waals surface area contributed by atoms with E-state index in [0.717, 1.165) is 20.8 Å². The van der Waals surface area contributed by atoms with Crippen molar-refractivity contribution in [2.24, 2.45) is 5.92 Å². The molecule has 0 fully saturated rings. The Kier molecular flexibility index (Phi) is 6.09. The highest BCUT2D eigenvalue weighted by Crippen LogP contribution is 2.35. The Morgan fingerprint density at radius 1 is 1.14 bits per heavy atom. The van der Waals surface area contributed by atoms with Gasteiger partial charge in [0.05, 0.1) is 28.9 Å². The van der Waals surface area contributed by atoms with Crippen molar-refractivity contribution in [1.29, 1.82) is 0 Å². The summed E-state index contributed by atoms with van der Waals surface area (Å²) in [5.41, 5.74) is 2.30. The Labute approximate surface area is 169 Å². The summed E-state index contributed by atoms with van der Waals surface area (Å²) in [6, 6.07) is 15.2. The number of carbonyl (C=O) groups excluding carboxylic acids is 2. The van der Waals surface area contributed by atoms with E-state index < -0.39 is 0 Å². The van der Waals surface area contributed by atoms with Crippen molar-refractivity contribution in [2.45, 2.75) is 33.4 Å². The highest BCUT2D eigenvalue weighted by atomic mass is 32.1. The van der Waals surface area contributed by atoms with E-state index in [0.29, 0.717) is 12.1 Å². The molecule has 6 heteroatoms. The van der Waals surface area contributed by atoms with Crippen molar-refractivity contribution < 1.29 is 14.3 Å². The van der Waals surface area contributed by atoms with Gasteiger partial charge in [-0.25, -0.2) is 9.78 Å². The molecule has 1 unspecified atom stereocenters. The number of ether oxygens (including phenoxy) is 1. The third kappa shape index (κ3) is 4.22. The fraction of sp³-hybridized carbons (Fsp3) is 0.318. The van der Waals surface area contributed by atoms with E-state index in [1.165, 1.54) is 7.11 Å². The molecule has 0 saturated carbocycles. The molecule has 1 atom stereocenters. The average Bonchev–Trinajstić information content (AvgIpc) is 3.09. The normalized spacial score (nSPS) is 12.2.